The molecule has 2 aromatic rings. The van der Waals surface area contributed by atoms with Gasteiger partial charge >= 0.3 is 6.09 Å². The molecule has 0 spiro atoms. The van der Waals surface area contributed by atoms with Gasteiger partial charge in [0, 0.05) is 36.1 Å². The summed E-state index contributed by atoms with van der Waals surface area (Å²) in [4.78, 5) is 60.3. The molecule has 276 valence electrons. The molecule has 1 aromatic heterocycles. The molecule has 1 saturated heterocycles. The van der Waals surface area contributed by atoms with Crippen molar-refractivity contribution in [3.8, 4) is 11.6 Å². The first kappa shape index (κ1) is 36.4. The first-order valence-electron chi connectivity index (χ1n) is 17.2. The number of rotatable bonds is 9. The Kier molecular flexibility index (Phi) is 10.2. The number of amides is 4. The lowest BCUT2D eigenvalue weighted by Crippen LogP contribution is -2.59. The van der Waals surface area contributed by atoms with Crippen LogP contribution in [-0.2, 0) is 29.1 Å². The number of fused-ring (bicyclic) bond motifs is 3. The Morgan fingerprint density at radius 3 is 2.57 bits per heavy atom. The van der Waals surface area contributed by atoms with Crippen LogP contribution in [0.4, 0.5) is 4.79 Å². The van der Waals surface area contributed by atoms with Crippen LogP contribution in [-0.4, -0.2) is 103 Å². The molecule has 4 aliphatic rings. The Morgan fingerprint density at radius 2 is 1.88 bits per heavy atom. The summed E-state index contributed by atoms with van der Waals surface area (Å²) in [5, 5.41) is 16.4. The Morgan fingerprint density at radius 1 is 1.14 bits per heavy atom. The van der Waals surface area contributed by atoms with Crippen molar-refractivity contribution in [2.24, 2.45) is 11.8 Å². The van der Waals surface area contributed by atoms with Crippen LogP contribution in [0, 0.1) is 11.8 Å². The van der Waals surface area contributed by atoms with Gasteiger partial charge in [-0.25, -0.2) is 18.2 Å². The second-order valence-corrected chi connectivity index (χ2v) is 16.4. The number of carbonyl (C=O) groups is 4. The van der Waals surface area contributed by atoms with Crippen LogP contribution in [0.3, 0.4) is 0 Å². The van der Waals surface area contributed by atoms with Crippen molar-refractivity contribution >= 4 is 44.6 Å². The fourth-order valence-electron chi connectivity index (χ4n) is 7.18. The minimum absolute atomic E-state index is 0.0110. The summed E-state index contributed by atoms with van der Waals surface area (Å²) in [6.45, 7) is 1.57. The van der Waals surface area contributed by atoms with Crippen molar-refractivity contribution in [1.82, 2.24) is 25.2 Å². The van der Waals surface area contributed by atoms with E-state index in [1.165, 1.54) is 25.3 Å². The van der Waals surface area contributed by atoms with Gasteiger partial charge in [-0.3, -0.25) is 19.1 Å². The smallest absolute Gasteiger partial charge is 0.405 e. The van der Waals surface area contributed by atoms with Gasteiger partial charge in [-0.1, -0.05) is 36.8 Å². The van der Waals surface area contributed by atoms with Crippen LogP contribution < -0.4 is 24.8 Å². The van der Waals surface area contributed by atoms with Gasteiger partial charge < -0.3 is 34.9 Å². The Balaban J connectivity index is 1.35. The van der Waals surface area contributed by atoms with Gasteiger partial charge in [0.15, 0.2) is 0 Å². The zero-order chi connectivity index (χ0) is 36.6. The molecule has 6 atom stereocenters. The maximum absolute atomic E-state index is 14.4. The molecule has 2 saturated carbocycles. The summed E-state index contributed by atoms with van der Waals surface area (Å²) < 4.78 is 44.6. The number of benzene rings is 1. The average molecular weight is 728 g/mol. The molecule has 0 bridgehead atoms. The number of methoxy groups -OCH3 is 2. The summed E-state index contributed by atoms with van der Waals surface area (Å²) in [6, 6.07) is 4.90. The van der Waals surface area contributed by atoms with Crippen LogP contribution in [0.15, 0.2) is 42.6 Å². The highest BCUT2D eigenvalue weighted by molar-refractivity contribution is 7.91. The highest BCUT2D eigenvalue weighted by Crippen LogP contribution is 2.47. The molecule has 4 amide bonds. The number of nitrogens with one attached hydrogen (secondary N) is 3. The standard InChI is InChI=1S/C35H45N5O10S/c1-34(14-15-34)51(46,47)39-32(43)35-17-22(35)11-7-5-4-6-10-21(20-48-2)28(37-33(44)45)31(42)40-19-23(16-26(40)29(41)38-35)50-30-25-13-9-8-12-24(25)27(49-3)18-36-30/h7-9,11-13,18,21-23,26,28,37H,4-6,10,14-17,19-20H2,1-3H3,(H,38,41)(H,39,43)(H,44,45)/b11-7-/t21-,22+,23+,26-,28-,35+/m0/s1. The predicted molar refractivity (Wildman–Crippen MR) is 184 cm³/mol. The number of hydrogen-bond donors (Lipinski definition) is 4. The van der Waals surface area contributed by atoms with E-state index in [0.717, 1.165) is 5.39 Å². The van der Waals surface area contributed by atoms with Crippen LogP contribution in [0.1, 0.15) is 58.3 Å². The molecule has 15 nitrogen and oxygen atoms in total. The second kappa shape index (κ2) is 14.3. The largest absolute Gasteiger partial charge is 0.494 e. The van der Waals surface area contributed by atoms with Crippen molar-refractivity contribution in [3.63, 3.8) is 0 Å². The van der Waals surface area contributed by atoms with Crippen LogP contribution in [0.2, 0.25) is 0 Å². The maximum Gasteiger partial charge on any atom is 0.405 e. The second-order valence-electron chi connectivity index (χ2n) is 14.2. The van der Waals surface area contributed by atoms with Gasteiger partial charge in [0.25, 0.3) is 5.91 Å². The van der Waals surface area contributed by atoms with E-state index < -0.39 is 74.1 Å². The minimum atomic E-state index is -4.00. The third-order valence-corrected chi connectivity index (χ3v) is 12.8. The Bertz CT molecular complexity index is 1830. The molecule has 3 heterocycles. The molecular formula is C35H45N5O10S. The SMILES string of the molecule is COC[C@@H]1CCCC/C=C\[C@@H]2C[C@@]2(C(=O)NS(=O)(=O)C2(C)CC2)NC(=O)[C@@H]2C[C@@H](Oc3ncc(OC)c4ccccc34)CN2C(=O)[C@H]1NC(=O)O. The van der Waals surface area contributed by atoms with Gasteiger partial charge in [-0.15, -0.1) is 0 Å². The van der Waals surface area contributed by atoms with Crippen molar-refractivity contribution < 1.29 is 46.9 Å². The lowest BCUT2D eigenvalue weighted by Gasteiger charge is -2.32. The summed E-state index contributed by atoms with van der Waals surface area (Å²) in [5.41, 5.74) is -1.55. The van der Waals surface area contributed by atoms with E-state index in [9.17, 15) is 32.7 Å². The zero-order valence-corrected chi connectivity index (χ0v) is 29.7. The van der Waals surface area contributed by atoms with Crippen LogP contribution >= 0.6 is 0 Å². The summed E-state index contributed by atoms with van der Waals surface area (Å²) in [5.74, 6) is -2.37. The molecule has 3 fully saturated rings. The lowest BCUT2D eigenvalue weighted by atomic mass is 9.92. The fourth-order valence-corrected chi connectivity index (χ4v) is 8.49. The lowest BCUT2D eigenvalue weighted by molar-refractivity contribution is -0.142. The number of sulfonamides is 1. The van der Waals surface area contributed by atoms with Crippen molar-refractivity contribution in [2.45, 2.75) is 86.8 Å². The topological polar surface area (TPSA) is 203 Å². The van der Waals surface area contributed by atoms with Crippen molar-refractivity contribution in [1.29, 1.82) is 0 Å². The predicted octanol–water partition coefficient (Wildman–Crippen LogP) is 2.49. The third-order valence-electron chi connectivity index (χ3n) is 10.6. The van der Waals surface area contributed by atoms with E-state index >= 15 is 0 Å². The summed E-state index contributed by atoms with van der Waals surface area (Å²) in [7, 11) is -0.997. The molecule has 4 N–H and O–H groups in total. The van der Waals surface area contributed by atoms with E-state index in [-0.39, 0.29) is 31.9 Å². The maximum atomic E-state index is 14.4. The summed E-state index contributed by atoms with van der Waals surface area (Å²) >= 11 is 0. The molecule has 0 radical (unpaired) electrons. The van der Waals surface area contributed by atoms with E-state index in [2.05, 4.69) is 20.3 Å². The number of carbonyl (C=O) groups excluding carboxylic acids is 3. The molecule has 2 aliphatic heterocycles. The first-order chi connectivity index (χ1) is 24.3. The number of hydrogen-bond acceptors (Lipinski definition) is 10. The minimum Gasteiger partial charge on any atom is -0.494 e. The van der Waals surface area contributed by atoms with Gasteiger partial charge in [0.1, 0.15) is 29.5 Å². The van der Waals surface area contributed by atoms with E-state index in [1.807, 2.05) is 36.4 Å². The summed E-state index contributed by atoms with van der Waals surface area (Å²) in [6.07, 6.45) is 6.57. The fraction of sp³-hybridized carbons (Fsp3) is 0.571. The molecule has 16 heteroatoms. The zero-order valence-electron chi connectivity index (χ0n) is 28.9. The van der Waals surface area contributed by atoms with Gasteiger partial charge in [-0.2, -0.15) is 0 Å². The third kappa shape index (κ3) is 7.34. The molecule has 0 unspecified atom stereocenters. The molecule has 1 aromatic carbocycles. The highest BCUT2D eigenvalue weighted by atomic mass is 32.2. The first-order valence-corrected chi connectivity index (χ1v) is 18.7. The Labute approximate surface area is 296 Å². The normalized spacial score (nSPS) is 29.7. The van der Waals surface area contributed by atoms with E-state index in [4.69, 9.17) is 14.2 Å². The van der Waals surface area contributed by atoms with Crippen LogP contribution in [0.5, 0.6) is 11.6 Å². The van der Waals surface area contributed by atoms with E-state index in [0.29, 0.717) is 49.7 Å². The van der Waals surface area contributed by atoms with Crippen molar-refractivity contribution in [2.75, 3.05) is 27.4 Å². The highest BCUT2D eigenvalue weighted by Gasteiger charge is 2.63. The number of pyridine rings is 1. The average Bonchev–Trinajstić information content (AvgIpc) is 3.98. The molecule has 51 heavy (non-hydrogen) atoms. The number of allylic oxidation sites excluding steroid dienone is 1. The monoisotopic (exact) mass is 727 g/mol. The van der Waals surface area contributed by atoms with Crippen molar-refractivity contribution in [3.05, 3.63) is 42.6 Å². The number of aromatic nitrogens is 1. The van der Waals surface area contributed by atoms with Gasteiger partial charge in [0.05, 0.1) is 31.2 Å². The Hall–Kier alpha value is -4.44. The number of ether oxygens (including phenoxy) is 3. The van der Waals surface area contributed by atoms with Crippen LogP contribution in [0.25, 0.3) is 10.8 Å². The molecular weight excluding hydrogens is 682 g/mol. The molecule has 2 aliphatic carbocycles. The van der Waals surface area contributed by atoms with E-state index in [1.54, 1.807) is 6.92 Å². The number of carboxylic acid groups (broad SMARTS) is 1. The van der Waals surface area contributed by atoms with Gasteiger partial charge in [-0.05, 0) is 51.5 Å². The molecule has 6 rings (SSSR count). The number of nitrogens with zero attached hydrogens (tertiary/aromatic N) is 2. The quantitative estimate of drug-likeness (QED) is 0.277. The van der Waals surface area contributed by atoms with Gasteiger partial charge in [0.2, 0.25) is 27.7 Å².